The lowest BCUT2D eigenvalue weighted by molar-refractivity contribution is 0.301. The maximum atomic E-state index is 5.77. The molecular formula is C20H18O2. The van der Waals surface area contributed by atoms with E-state index in [1.54, 1.807) is 0 Å². The Morgan fingerprint density at radius 1 is 0.455 bits per heavy atom. The van der Waals surface area contributed by atoms with Gasteiger partial charge in [0.25, 0.3) is 0 Å². The highest BCUT2D eigenvalue weighted by Gasteiger charge is 1.98. The molecule has 0 saturated heterocycles. The molecule has 0 unspecified atom stereocenters. The van der Waals surface area contributed by atoms with Crippen molar-refractivity contribution in [2.24, 2.45) is 0 Å². The summed E-state index contributed by atoms with van der Waals surface area (Å²) in [4.78, 5) is 0. The lowest BCUT2D eigenvalue weighted by Crippen LogP contribution is -1.97. The second-order valence-electron chi connectivity index (χ2n) is 5.02. The van der Waals surface area contributed by atoms with Gasteiger partial charge in [0, 0.05) is 0 Å². The van der Waals surface area contributed by atoms with Crippen molar-refractivity contribution in [2.45, 2.75) is 13.2 Å². The van der Waals surface area contributed by atoms with Gasteiger partial charge < -0.3 is 9.47 Å². The summed E-state index contributed by atoms with van der Waals surface area (Å²) in [5.41, 5.74) is 2.29. The number of benzene rings is 3. The number of hydrogen-bond donors (Lipinski definition) is 0. The SMILES string of the molecule is c1ccc(COc2ccc(COc3ccccc3)cc2)cc1. The van der Waals surface area contributed by atoms with Crippen LogP contribution in [0.4, 0.5) is 0 Å². The van der Waals surface area contributed by atoms with Crippen molar-refractivity contribution in [3.8, 4) is 11.5 Å². The Morgan fingerprint density at radius 2 is 0.909 bits per heavy atom. The van der Waals surface area contributed by atoms with Crippen molar-refractivity contribution in [3.05, 3.63) is 96.1 Å². The molecule has 0 aliphatic heterocycles. The van der Waals surface area contributed by atoms with E-state index in [-0.39, 0.29) is 0 Å². The van der Waals surface area contributed by atoms with Gasteiger partial charge in [-0.2, -0.15) is 0 Å². The molecule has 0 aromatic heterocycles. The molecule has 0 aliphatic rings. The maximum absolute atomic E-state index is 5.77. The summed E-state index contributed by atoms with van der Waals surface area (Å²) in [6.07, 6.45) is 0. The molecule has 0 saturated carbocycles. The first-order chi connectivity index (χ1) is 10.9. The van der Waals surface area contributed by atoms with E-state index in [1.807, 2.05) is 72.8 Å². The van der Waals surface area contributed by atoms with Crippen molar-refractivity contribution < 1.29 is 9.47 Å². The molecule has 0 fully saturated rings. The highest BCUT2D eigenvalue weighted by Crippen LogP contribution is 2.16. The van der Waals surface area contributed by atoms with E-state index < -0.39 is 0 Å². The van der Waals surface area contributed by atoms with Gasteiger partial charge in [-0.05, 0) is 35.4 Å². The average molecular weight is 290 g/mol. The van der Waals surface area contributed by atoms with Crippen LogP contribution in [0.15, 0.2) is 84.9 Å². The highest BCUT2D eigenvalue weighted by molar-refractivity contribution is 5.28. The monoisotopic (exact) mass is 290 g/mol. The fraction of sp³-hybridized carbons (Fsp3) is 0.100. The highest BCUT2D eigenvalue weighted by atomic mass is 16.5. The Hall–Kier alpha value is -2.74. The van der Waals surface area contributed by atoms with E-state index in [0.717, 1.165) is 17.1 Å². The summed E-state index contributed by atoms with van der Waals surface area (Å²) in [6, 6.07) is 28.0. The van der Waals surface area contributed by atoms with Gasteiger partial charge in [-0.15, -0.1) is 0 Å². The molecule has 0 atom stereocenters. The summed E-state index contributed by atoms with van der Waals surface area (Å²) in [7, 11) is 0. The van der Waals surface area contributed by atoms with Crippen LogP contribution in [0.25, 0.3) is 0 Å². The van der Waals surface area contributed by atoms with Gasteiger partial charge in [0.15, 0.2) is 0 Å². The van der Waals surface area contributed by atoms with Crippen molar-refractivity contribution in [1.29, 1.82) is 0 Å². The fourth-order valence-electron chi connectivity index (χ4n) is 2.11. The Balaban J connectivity index is 1.52. The van der Waals surface area contributed by atoms with E-state index in [9.17, 15) is 0 Å². The summed E-state index contributed by atoms with van der Waals surface area (Å²) in [5, 5.41) is 0. The van der Waals surface area contributed by atoms with Crippen LogP contribution in [-0.4, -0.2) is 0 Å². The largest absolute Gasteiger partial charge is 0.489 e. The molecule has 0 bridgehead atoms. The van der Waals surface area contributed by atoms with Crippen molar-refractivity contribution in [2.75, 3.05) is 0 Å². The van der Waals surface area contributed by atoms with Gasteiger partial charge in [0.2, 0.25) is 0 Å². The van der Waals surface area contributed by atoms with Crippen LogP contribution in [0.1, 0.15) is 11.1 Å². The molecule has 0 N–H and O–H groups in total. The first kappa shape index (κ1) is 14.2. The minimum absolute atomic E-state index is 0.559. The second kappa shape index (κ2) is 7.32. The predicted octanol–water partition coefficient (Wildman–Crippen LogP) is 4.84. The van der Waals surface area contributed by atoms with E-state index in [2.05, 4.69) is 12.1 Å². The molecule has 0 spiro atoms. The standard InChI is InChI=1S/C20H18O2/c1-3-7-17(8-4-1)15-22-20-13-11-18(12-14-20)16-21-19-9-5-2-6-10-19/h1-14H,15-16H2. The van der Waals surface area contributed by atoms with Gasteiger partial charge in [-0.3, -0.25) is 0 Å². The van der Waals surface area contributed by atoms with E-state index >= 15 is 0 Å². The minimum atomic E-state index is 0.559. The van der Waals surface area contributed by atoms with Gasteiger partial charge >= 0.3 is 0 Å². The number of rotatable bonds is 6. The van der Waals surface area contributed by atoms with Crippen molar-refractivity contribution in [3.63, 3.8) is 0 Å². The van der Waals surface area contributed by atoms with Crippen LogP contribution >= 0.6 is 0 Å². The third-order valence-electron chi connectivity index (χ3n) is 3.32. The van der Waals surface area contributed by atoms with Crippen LogP contribution < -0.4 is 9.47 Å². The van der Waals surface area contributed by atoms with Crippen molar-refractivity contribution >= 4 is 0 Å². The average Bonchev–Trinajstić information content (AvgIpc) is 2.61. The molecule has 0 heterocycles. The molecule has 0 aliphatic carbocycles. The summed E-state index contributed by atoms with van der Waals surface area (Å²) >= 11 is 0. The third-order valence-corrected chi connectivity index (χ3v) is 3.32. The molecule has 2 nitrogen and oxygen atoms in total. The summed E-state index contributed by atoms with van der Waals surface area (Å²) in [6.45, 7) is 1.14. The minimum Gasteiger partial charge on any atom is -0.489 e. The Bertz CT molecular complexity index is 613. The van der Waals surface area contributed by atoms with Crippen LogP contribution in [0.5, 0.6) is 11.5 Å². The van der Waals surface area contributed by atoms with Crippen LogP contribution in [-0.2, 0) is 13.2 Å². The Morgan fingerprint density at radius 3 is 1.50 bits per heavy atom. The van der Waals surface area contributed by atoms with E-state index in [1.165, 1.54) is 5.56 Å². The topological polar surface area (TPSA) is 18.5 Å². The molecule has 110 valence electrons. The molecule has 0 amide bonds. The molecule has 3 aromatic carbocycles. The quantitative estimate of drug-likeness (QED) is 0.646. The number of ether oxygens (including phenoxy) is 2. The van der Waals surface area contributed by atoms with Crippen LogP contribution in [0.2, 0.25) is 0 Å². The smallest absolute Gasteiger partial charge is 0.119 e. The fourth-order valence-corrected chi connectivity index (χ4v) is 2.11. The molecule has 2 heteroatoms. The Labute approximate surface area is 131 Å². The van der Waals surface area contributed by atoms with Gasteiger partial charge in [-0.25, -0.2) is 0 Å². The third kappa shape index (κ3) is 4.13. The predicted molar refractivity (Wildman–Crippen MR) is 88.0 cm³/mol. The lowest BCUT2D eigenvalue weighted by atomic mass is 10.2. The zero-order chi connectivity index (χ0) is 15.0. The Kier molecular flexibility index (Phi) is 4.73. The van der Waals surface area contributed by atoms with Gasteiger partial charge in [-0.1, -0.05) is 60.7 Å². The van der Waals surface area contributed by atoms with E-state index in [4.69, 9.17) is 9.47 Å². The molecular weight excluding hydrogens is 272 g/mol. The first-order valence-corrected chi connectivity index (χ1v) is 7.34. The number of hydrogen-bond acceptors (Lipinski definition) is 2. The first-order valence-electron chi connectivity index (χ1n) is 7.34. The second-order valence-corrected chi connectivity index (χ2v) is 5.02. The molecule has 3 aromatic rings. The summed E-state index contributed by atoms with van der Waals surface area (Å²) in [5.74, 6) is 1.75. The van der Waals surface area contributed by atoms with E-state index in [0.29, 0.717) is 13.2 Å². The van der Waals surface area contributed by atoms with Gasteiger partial charge in [0.05, 0.1) is 0 Å². The van der Waals surface area contributed by atoms with Crippen molar-refractivity contribution in [1.82, 2.24) is 0 Å². The van der Waals surface area contributed by atoms with Gasteiger partial charge in [0.1, 0.15) is 24.7 Å². The molecule has 22 heavy (non-hydrogen) atoms. The summed E-state index contributed by atoms with van der Waals surface area (Å²) < 4.78 is 11.5. The zero-order valence-corrected chi connectivity index (χ0v) is 12.3. The van der Waals surface area contributed by atoms with Crippen LogP contribution in [0.3, 0.4) is 0 Å². The molecule has 3 rings (SSSR count). The normalized spacial score (nSPS) is 10.2. The lowest BCUT2D eigenvalue weighted by Gasteiger charge is -2.08. The molecule has 0 radical (unpaired) electrons. The van der Waals surface area contributed by atoms with Crippen LogP contribution in [0, 0.1) is 0 Å². The number of para-hydroxylation sites is 1. The zero-order valence-electron chi connectivity index (χ0n) is 12.3. The maximum Gasteiger partial charge on any atom is 0.119 e.